The Hall–Kier alpha value is -1.96. The van der Waals surface area contributed by atoms with Crippen LogP contribution in [0.25, 0.3) is 0 Å². The lowest BCUT2D eigenvalue weighted by Crippen LogP contribution is -2.12. The Labute approximate surface area is 95.6 Å². The molecule has 2 aromatic rings. The number of pyridine rings is 1. The Morgan fingerprint density at radius 2 is 2.31 bits per heavy atom. The molecule has 0 saturated carbocycles. The van der Waals surface area contributed by atoms with Crippen LogP contribution in [0.3, 0.4) is 0 Å². The number of nitrogens with two attached hydrogens (primary N) is 1. The van der Waals surface area contributed by atoms with Crippen molar-refractivity contribution in [3.8, 4) is 0 Å². The van der Waals surface area contributed by atoms with Crippen molar-refractivity contribution in [2.24, 2.45) is 12.8 Å². The van der Waals surface area contributed by atoms with Gasteiger partial charge in [0, 0.05) is 18.1 Å². The minimum absolute atomic E-state index is 0.0446. The predicted octanol–water partition coefficient (Wildman–Crippen LogP) is 0.0404. The van der Waals surface area contributed by atoms with E-state index in [0.29, 0.717) is 10.9 Å². The molecule has 2 aromatic heterocycles. The van der Waals surface area contributed by atoms with Crippen molar-refractivity contribution in [1.82, 2.24) is 25.2 Å². The molecule has 0 radical (unpaired) electrons. The van der Waals surface area contributed by atoms with Gasteiger partial charge in [-0.15, -0.1) is 5.10 Å². The highest BCUT2D eigenvalue weighted by Crippen LogP contribution is 2.23. The zero-order valence-corrected chi connectivity index (χ0v) is 9.27. The second-order valence-electron chi connectivity index (χ2n) is 2.98. The summed E-state index contributed by atoms with van der Waals surface area (Å²) in [4.78, 5) is 4.93. The number of hydrogen-bond donors (Lipinski definition) is 2. The number of nitrogens with one attached hydrogen (secondary N) is 1. The number of rotatable bonds is 3. The van der Waals surface area contributed by atoms with Crippen LogP contribution >= 0.6 is 11.8 Å². The van der Waals surface area contributed by atoms with Crippen molar-refractivity contribution >= 4 is 17.6 Å². The summed E-state index contributed by atoms with van der Waals surface area (Å²) < 4.78 is 1.57. The van der Waals surface area contributed by atoms with Crippen LogP contribution in [0, 0.1) is 5.41 Å². The van der Waals surface area contributed by atoms with Crippen LogP contribution in [0.4, 0.5) is 0 Å². The standard InChI is InChI=1S/C8H9N7S/c1-15-8(12-13-14-15)16-5-2-3-6(7(9)10)11-4-5/h2-4H,1H3,(H3,9,10). The van der Waals surface area contributed by atoms with E-state index < -0.39 is 0 Å². The van der Waals surface area contributed by atoms with E-state index >= 15 is 0 Å². The summed E-state index contributed by atoms with van der Waals surface area (Å²) in [5.74, 6) is -0.0446. The van der Waals surface area contributed by atoms with E-state index in [0.717, 1.165) is 4.90 Å². The third kappa shape index (κ3) is 2.16. The molecule has 0 fully saturated rings. The molecule has 2 rings (SSSR count). The number of tetrazole rings is 1. The number of nitrogens with zero attached hydrogens (tertiary/aromatic N) is 5. The Morgan fingerprint density at radius 1 is 1.50 bits per heavy atom. The van der Waals surface area contributed by atoms with Gasteiger partial charge in [0.05, 0.1) is 0 Å². The minimum Gasteiger partial charge on any atom is -0.382 e. The average Bonchev–Trinajstić information content (AvgIpc) is 2.65. The van der Waals surface area contributed by atoms with Crippen molar-refractivity contribution < 1.29 is 0 Å². The zero-order chi connectivity index (χ0) is 11.5. The molecule has 0 aromatic carbocycles. The molecular weight excluding hydrogens is 226 g/mol. The third-order valence-corrected chi connectivity index (χ3v) is 2.81. The molecule has 16 heavy (non-hydrogen) atoms. The summed E-state index contributed by atoms with van der Waals surface area (Å²) >= 11 is 1.39. The maximum atomic E-state index is 7.21. The first-order valence-corrected chi connectivity index (χ1v) is 5.19. The van der Waals surface area contributed by atoms with Gasteiger partial charge in [-0.1, -0.05) is 0 Å². The number of aromatic nitrogens is 5. The third-order valence-electron chi connectivity index (χ3n) is 1.80. The van der Waals surface area contributed by atoms with Crippen molar-refractivity contribution in [2.75, 3.05) is 0 Å². The summed E-state index contributed by atoms with van der Waals surface area (Å²) in [7, 11) is 1.76. The second-order valence-corrected chi connectivity index (χ2v) is 4.02. The normalized spacial score (nSPS) is 10.3. The van der Waals surface area contributed by atoms with E-state index in [2.05, 4.69) is 20.5 Å². The van der Waals surface area contributed by atoms with Crippen LogP contribution in [0.5, 0.6) is 0 Å². The summed E-state index contributed by atoms with van der Waals surface area (Å²) in [6.45, 7) is 0. The van der Waals surface area contributed by atoms with E-state index in [9.17, 15) is 0 Å². The lowest BCUT2D eigenvalue weighted by Gasteiger charge is -2.00. The smallest absolute Gasteiger partial charge is 0.213 e. The Balaban J connectivity index is 2.17. The lowest BCUT2D eigenvalue weighted by atomic mass is 10.3. The largest absolute Gasteiger partial charge is 0.382 e. The van der Waals surface area contributed by atoms with Gasteiger partial charge in [0.25, 0.3) is 0 Å². The topological polar surface area (TPSA) is 106 Å². The SMILES string of the molecule is Cn1nnnc1Sc1ccc(C(=N)N)nc1. The lowest BCUT2D eigenvalue weighted by molar-refractivity contribution is 0.664. The quantitative estimate of drug-likeness (QED) is 0.574. The summed E-state index contributed by atoms with van der Waals surface area (Å²) in [6, 6.07) is 3.51. The first-order valence-electron chi connectivity index (χ1n) is 4.37. The summed E-state index contributed by atoms with van der Waals surface area (Å²) in [5, 5.41) is 19.0. The van der Waals surface area contributed by atoms with Gasteiger partial charge in [-0.05, 0) is 34.3 Å². The van der Waals surface area contributed by atoms with Gasteiger partial charge in [0.2, 0.25) is 5.16 Å². The van der Waals surface area contributed by atoms with Gasteiger partial charge < -0.3 is 5.73 Å². The van der Waals surface area contributed by atoms with Crippen LogP contribution in [0.1, 0.15) is 5.69 Å². The van der Waals surface area contributed by atoms with Crippen molar-refractivity contribution in [1.29, 1.82) is 5.41 Å². The Bertz CT molecular complexity index is 503. The molecular formula is C8H9N7S. The van der Waals surface area contributed by atoms with E-state index in [1.54, 1.807) is 24.0 Å². The Kier molecular flexibility index (Phi) is 2.82. The zero-order valence-electron chi connectivity index (χ0n) is 8.45. The molecule has 0 spiro atoms. The molecule has 0 aliphatic heterocycles. The fraction of sp³-hybridized carbons (Fsp3) is 0.125. The fourth-order valence-electron chi connectivity index (χ4n) is 1.01. The Morgan fingerprint density at radius 3 is 2.81 bits per heavy atom. The molecule has 0 aliphatic rings. The highest BCUT2D eigenvalue weighted by atomic mass is 32.2. The fourth-order valence-corrected chi connectivity index (χ4v) is 1.71. The van der Waals surface area contributed by atoms with Crippen molar-refractivity contribution in [2.45, 2.75) is 10.1 Å². The van der Waals surface area contributed by atoms with Gasteiger partial charge in [-0.3, -0.25) is 10.4 Å². The number of aryl methyl sites for hydroxylation is 1. The van der Waals surface area contributed by atoms with E-state index in [4.69, 9.17) is 11.1 Å². The minimum atomic E-state index is -0.0446. The molecule has 0 aliphatic carbocycles. The summed E-state index contributed by atoms with van der Waals surface area (Å²) in [6.07, 6.45) is 1.64. The average molecular weight is 235 g/mol. The van der Waals surface area contributed by atoms with Gasteiger partial charge in [-0.2, -0.15) is 0 Å². The number of nitrogen functional groups attached to an aromatic ring is 1. The van der Waals surface area contributed by atoms with Crippen LogP contribution in [-0.2, 0) is 7.05 Å². The second kappa shape index (κ2) is 4.27. The maximum absolute atomic E-state index is 7.21. The monoisotopic (exact) mass is 235 g/mol. The molecule has 7 nitrogen and oxygen atoms in total. The molecule has 0 saturated heterocycles. The molecule has 0 bridgehead atoms. The first-order chi connectivity index (χ1) is 7.66. The predicted molar refractivity (Wildman–Crippen MR) is 58.2 cm³/mol. The first kappa shape index (κ1) is 10.6. The van der Waals surface area contributed by atoms with Crippen LogP contribution in [0.15, 0.2) is 28.4 Å². The van der Waals surface area contributed by atoms with Crippen molar-refractivity contribution in [3.63, 3.8) is 0 Å². The summed E-state index contributed by atoms with van der Waals surface area (Å²) in [5.41, 5.74) is 5.76. The molecule has 0 amide bonds. The van der Waals surface area contributed by atoms with Gasteiger partial charge >= 0.3 is 0 Å². The van der Waals surface area contributed by atoms with Crippen LogP contribution in [-0.4, -0.2) is 31.0 Å². The molecule has 82 valence electrons. The highest BCUT2D eigenvalue weighted by molar-refractivity contribution is 7.99. The van der Waals surface area contributed by atoms with Crippen LogP contribution in [0.2, 0.25) is 0 Å². The van der Waals surface area contributed by atoms with E-state index in [-0.39, 0.29) is 5.84 Å². The van der Waals surface area contributed by atoms with Gasteiger partial charge in [-0.25, -0.2) is 4.68 Å². The highest BCUT2D eigenvalue weighted by Gasteiger charge is 2.05. The molecule has 3 N–H and O–H groups in total. The van der Waals surface area contributed by atoms with Crippen molar-refractivity contribution in [3.05, 3.63) is 24.0 Å². The van der Waals surface area contributed by atoms with Gasteiger partial charge in [0.1, 0.15) is 11.5 Å². The molecule has 0 unspecified atom stereocenters. The van der Waals surface area contributed by atoms with Gasteiger partial charge in [0.15, 0.2) is 0 Å². The van der Waals surface area contributed by atoms with E-state index in [1.165, 1.54) is 11.8 Å². The number of hydrogen-bond acceptors (Lipinski definition) is 6. The molecule has 0 atom stereocenters. The van der Waals surface area contributed by atoms with Crippen LogP contribution < -0.4 is 5.73 Å². The molecule has 8 heteroatoms. The maximum Gasteiger partial charge on any atom is 0.213 e. The number of amidine groups is 1. The molecule has 2 heterocycles. The van der Waals surface area contributed by atoms with E-state index in [1.807, 2.05) is 6.07 Å².